The van der Waals surface area contributed by atoms with Crippen LogP contribution in [0, 0.1) is 0 Å². The van der Waals surface area contributed by atoms with Crippen LogP contribution in [0.15, 0.2) is 18.2 Å². The minimum Gasteiger partial charge on any atom is -0.496 e. The first-order chi connectivity index (χ1) is 11.7. The quantitative estimate of drug-likeness (QED) is 0.850. The maximum atomic E-state index is 13.0. The second kappa shape index (κ2) is 7.88. The highest BCUT2D eigenvalue weighted by Gasteiger charge is 2.29. The highest BCUT2D eigenvalue weighted by molar-refractivity contribution is 5.99. The first kappa shape index (κ1) is 17.1. The maximum Gasteiger partial charge on any atom is 0.261 e. The van der Waals surface area contributed by atoms with Gasteiger partial charge in [-0.3, -0.25) is 9.69 Å². The molecule has 1 saturated carbocycles. The molecule has 0 spiro atoms. The molecule has 1 amide bonds. The van der Waals surface area contributed by atoms with Gasteiger partial charge in [-0.15, -0.1) is 0 Å². The van der Waals surface area contributed by atoms with Crippen molar-refractivity contribution < 1.29 is 14.3 Å². The number of methoxy groups -OCH3 is 2. The molecule has 0 unspecified atom stereocenters. The molecular formula is C19H28N2O3. The lowest BCUT2D eigenvalue weighted by atomic mass is 9.94. The van der Waals surface area contributed by atoms with Crippen LogP contribution in [-0.4, -0.2) is 62.1 Å². The number of carbonyl (C=O) groups excluding carboxylic acids is 1. The van der Waals surface area contributed by atoms with E-state index in [0.29, 0.717) is 17.1 Å². The monoisotopic (exact) mass is 332 g/mol. The number of ether oxygens (including phenoxy) is 2. The molecule has 1 aromatic carbocycles. The lowest BCUT2D eigenvalue weighted by Crippen LogP contribution is -2.52. The molecule has 0 atom stereocenters. The van der Waals surface area contributed by atoms with Gasteiger partial charge in [0.1, 0.15) is 17.1 Å². The van der Waals surface area contributed by atoms with Crippen LogP contribution in [0.5, 0.6) is 11.5 Å². The van der Waals surface area contributed by atoms with Crippen molar-refractivity contribution in [3.05, 3.63) is 23.8 Å². The first-order valence-electron chi connectivity index (χ1n) is 8.99. The van der Waals surface area contributed by atoms with Crippen molar-refractivity contribution in [2.24, 2.45) is 0 Å². The molecule has 24 heavy (non-hydrogen) atoms. The lowest BCUT2D eigenvalue weighted by molar-refractivity contribution is 0.0518. The molecule has 0 aromatic heterocycles. The summed E-state index contributed by atoms with van der Waals surface area (Å²) in [6, 6.07) is 6.19. The summed E-state index contributed by atoms with van der Waals surface area (Å²) in [7, 11) is 3.18. The van der Waals surface area contributed by atoms with Gasteiger partial charge >= 0.3 is 0 Å². The molecule has 1 aliphatic heterocycles. The van der Waals surface area contributed by atoms with E-state index in [2.05, 4.69) is 4.90 Å². The van der Waals surface area contributed by atoms with E-state index in [4.69, 9.17) is 9.47 Å². The van der Waals surface area contributed by atoms with E-state index in [9.17, 15) is 4.79 Å². The zero-order chi connectivity index (χ0) is 16.9. The summed E-state index contributed by atoms with van der Waals surface area (Å²) in [6.07, 6.45) is 6.70. The van der Waals surface area contributed by atoms with E-state index in [1.807, 2.05) is 23.1 Å². The number of carbonyl (C=O) groups is 1. The summed E-state index contributed by atoms with van der Waals surface area (Å²) in [4.78, 5) is 17.5. The van der Waals surface area contributed by atoms with Crippen LogP contribution in [0.3, 0.4) is 0 Å². The summed E-state index contributed by atoms with van der Waals surface area (Å²) < 4.78 is 10.8. The van der Waals surface area contributed by atoms with E-state index < -0.39 is 0 Å². The Balaban J connectivity index is 1.67. The van der Waals surface area contributed by atoms with Gasteiger partial charge in [0.15, 0.2) is 0 Å². The first-order valence-corrected chi connectivity index (χ1v) is 8.99. The predicted molar refractivity (Wildman–Crippen MR) is 93.9 cm³/mol. The van der Waals surface area contributed by atoms with Gasteiger partial charge < -0.3 is 14.4 Å². The maximum absolute atomic E-state index is 13.0. The fourth-order valence-corrected chi connectivity index (χ4v) is 3.96. The average molecular weight is 332 g/mol. The van der Waals surface area contributed by atoms with Crippen molar-refractivity contribution in [1.82, 2.24) is 9.80 Å². The predicted octanol–water partition coefficient (Wildman–Crippen LogP) is 2.79. The summed E-state index contributed by atoms with van der Waals surface area (Å²) in [5.74, 6) is 1.16. The van der Waals surface area contributed by atoms with Crippen molar-refractivity contribution in [1.29, 1.82) is 0 Å². The normalized spacial score (nSPS) is 20.0. The Bertz CT molecular complexity index is 539. The number of nitrogens with zero attached hydrogens (tertiary/aromatic N) is 2. The smallest absolute Gasteiger partial charge is 0.261 e. The van der Waals surface area contributed by atoms with Gasteiger partial charge in [-0.05, 0) is 25.0 Å². The molecule has 2 aliphatic rings. The Morgan fingerprint density at radius 1 is 0.958 bits per heavy atom. The summed E-state index contributed by atoms with van der Waals surface area (Å²) in [5.41, 5.74) is 0.536. The zero-order valence-corrected chi connectivity index (χ0v) is 14.8. The molecule has 1 heterocycles. The van der Waals surface area contributed by atoms with Gasteiger partial charge in [0.05, 0.1) is 14.2 Å². The minimum absolute atomic E-state index is 0.00703. The number of hydrogen-bond acceptors (Lipinski definition) is 4. The third-order valence-electron chi connectivity index (χ3n) is 5.33. The number of benzene rings is 1. The molecule has 0 radical (unpaired) electrons. The molecule has 132 valence electrons. The Hall–Kier alpha value is -1.75. The lowest BCUT2D eigenvalue weighted by Gasteiger charge is -2.40. The third-order valence-corrected chi connectivity index (χ3v) is 5.33. The van der Waals surface area contributed by atoms with Crippen LogP contribution in [0.1, 0.15) is 42.5 Å². The topological polar surface area (TPSA) is 42.0 Å². The summed E-state index contributed by atoms with van der Waals surface area (Å²) in [5, 5.41) is 0. The summed E-state index contributed by atoms with van der Waals surface area (Å²) >= 11 is 0. The van der Waals surface area contributed by atoms with E-state index in [0.717, 1.165) is 32.2 Å². The Morgan fingerprint density at radius 2 is 1.54 bits per heavy atom. The largest absolute Gasteiger partial charge is 0.496 e. The van der Waals surface area contributed by atoms with Gasteiger partial charge in [0, 0.05) is 32.2 Å². The molecule has 0 bridgehead atoms. The molecule has 1 aliphatic carbocycles. The van der Waals surface area contributed by atoms with E-state index in [-0.39, 0.29) is 5.91 Å². The van der Waals surface area contributed by atoms with Gasteiger partial charge in [0.25, 0.3) is 5.91 Å². The number of rotatable bonds is 4. The summed E-state index contributed by atoms with van der Waals surface area (Å²) in [6.45, 7) is 3.48. The Labute approximate surface area is 144 Å². The van der Waals surface area contributed by atoms with Crippen LogP contribution in [0.2, 0.25) is 0 Å². The molecule has 2 fully saturated rings. The van der Waals surface area contributed by atoms with Crippen molar-refractivity contribution in [3.63, 3.8) is 0 Å². The SMILES string of the molecule is COc1cccc(OC)c1C(=O)N1CCN(C2CCCCC2)CC1. The Morgan fingerprint density at radius 3 is 2.08 bits per heavy atom. The van der Waals surface area contributed by atoms with E-state index in [1.54, 1.807) is 14.2 Å². The molecule has 5 heteroatoms. The fourth-order valence-electron chi connectivity index (χ4n) is 3.96. The molecular weight excluding hydrogens is 304 g/mol. The highest BCUT2D eigenvalue weighted by Crippen LogP contribution is 2.30. The van der Waals surface area contributed by atoms with Gasteiger partial charge in [-0.2, -0.15) is 0 Å². The second-order valence-electron chi connectivity index (χ2n) is 6.66. The van der Waals surface area contributed by atoms with Crippen molar-refractivity contribution in [2.75, 3.05) is 40.4 Å². The molecule has 5 nitrogen and oxygen atoms in total. The second-order valence-corrected chi connectivity index (χ2v) is 6.66. The number of piperazine rings is 1. The number of amides is 1. The van der Waals surface area contributed by atoms with Crippen LogP contribution >= 0.6 is 0 Å². The molecule has 1 saturated heterocycles. The van der Waals surface area contributed by atoms with Crippen LogP contribution < -0.4 is 9.47 Å². The standard InChI is InChI=1S/C19H28N2O3/c1-23-16-9-6-10-17(24-2)18(16)19(22)21-13-11-20(12-14-21)15-7-4-3-5-8-15/h6,9-10,15H,3-5,7-8,11-14H2,1-2H3. The van der Waals surface area contributed by atoms with Gasteiger partial charge in [0.2, 0.25) is 0 Å². The van der Waals surface area contributed by atoms with Crippen molar-refractivity contribution in [3.8, 4) is 11.5 Å². The van der Waals surface area contributed by atoms with Crippen LogP contribution in [0.4, 0.5) is 0 Å². The average Bonchev–Trinajstić information content (AvgIpc) is 2.67. The Kier molecular flexibility index (Phi) is 5.61. The third kappa shape index (κ3) is 3.51. The number of hydrogen-bond donors (Lipinski definition) is 0. The van der Waals surface area contributed by atoms with Crippen LogP contribution in [0.25, 0.3) is 0 Å². The van der Waals surface area contributed by atoms with Gasteiger partial charge in [-0.25, -0.2) is 0 Å². The van der Waals surface area contributed by atoms with Crippen molar-refractivity contribution in [2.45, 2.75) is 38.1 Å². The van der Waals surface area contributed by atoms with E-state index in [1.165, 1.54) is 32.1 Å². The molecule has 3 rings (SSSR count). The fraction of sp³-hybridized carbons (Fsp3) is 0.632. The van der Waals surface area contributed by atoms with Gasteiger partial charge in [-0.1, -0.05) is 25.3 Å². The van der Waals surface area contributed by atoms with E-state index >= 15 is 0 Å². The van der Waals surface area contributed by atoms with Crippen LogP contribution in [-0.2, 0) is 0 Å². The molecule has 0 N–H and O–H groups in total. The van der Waals surface area contributed by atoms with Crippen molar-refractivity contribution >= 4 is 5.91 Å². The molecule has 1 aromatic rings. The zero-order valence-electron chi connectivity index (χ0n) is 14.8. The highest BCUT2D eigenvalue weighted by atomic mass is 16.5. The minimum atomic E-state index is 0.00703.